The third-order valence-electron chi connectivity index (χ3n) is 4.71. The van der Waals surface area contributed by atoms with Crippen LogP contribution in [0, 0.1) is 0 Å². The largest absolute Gasteiger partial charge is 0.388 e. The monoisotopic (exact) mass is 315 g/mol. The van der Waals surface area contributed by atoms with E-state index in [-0.39, 0.29) is 17.5 Å². The van der Waals surface area contributed by atoms with Crippen LogP contribution in [-0.4, -0.2) is 64.3 Å². The number of ether oxygens (including phenoxy) is 1. The summed E-state index contributed by atoms with van der Waals surface area (Å²) in [7, 11) is 1.71. The molecule has 7 heteroatoms. The molecule has 6 atom stereocenters. The number of rotatable bonds is 3. The Hall–Kier alpha value is -0.340. The molecule has 0 spiro atoms. The van der Waals surface area contributed by atoms with Gasteiger partial charge in [-0.15, -0.1) is 0 Å². The van der Waals surface area contributed by atoms with E-state index in [1.807, 2.05) is 6.92 Å². The fourth-order valence-electron chi connectivity index (χ4n) is 3.52. The van der Waals surface area contributed by atoms with Crippen molar-refractivity contribution in [2.75, 3.05) is 7.05 Å². The Labute approximate surface area is 129 Å². The first-order chi connectivity index (χ1) is 10.1. The molecule has 2 aliphatic heterocycles. The molecule has 6 nitrogen and oxygen atoms in total. The van der Waals surface area contributed by atoms with E-state index in [9.17, 15) is 10.2 Å². The van der Waals surface area contributed by atoms with Crippen LogP contribution in [0.15, 0.2) is 4.99 Å². The van der Waals surface area contributed by atoms with Gasteiger partial charge in [0, 0.05) is 19.1 Å². The predicted molar refractivity (Wildman–Crippen MR) is 83.4 cm³/mol. The second kappa shape index (κ2) is 6.42. The molecule has 3 rings (SSSR count). The highest BCUT2D eigenvalue weighted by molar-refractivity contribution is 8.14. The number of amidine groups is 1. The summed E-state index contributed by atoms with van der Waals surface area (Å²) in [4.78, 5) is 4.10. The Balaban J connectivity index is 1.65. The smallest absolute Gasteiger partial charge is 0.159 e. The first kappa shape index (κ1) is 15.6. The van der Waals surface area contributed by atoms with Gasteiger partial charge in [-0.2, -0.15) is 0 Å². The van der Waals surface area contributed by atoms with Crippen molar-refractivity contribution in [2.45, 2.75) is 74.5 Å². The molecular weight excluding hydrogens is 290 g/mol. The van der Waals surface area contributed by atoms with Crippen LogP contribution in [0.5, 0.6) is 0 Å². The van der Waals surface area contributed by atoms with Gasteiger partial charge in [-0.3, -0.25) is 4.99 Å². The van der Waals surface area contributed by atoms with Gasteiger partial charge in [-0.05, 0) is 19.8 Å². The van der Waals surface area contributed by atoms with E-state index in [0.29, 0.717) is 6.04 Å². The van der Waals surface area contributed by atoms with Crippen LogP contribution in [-0.2, 0) is 4.74 Å². The summed E-state index contributed by atoms with van der Waals surface area (Å²) in [5, 5.41) is 28.2. The molecule has 0 aromatic rings. The van der Waals surface area contributed by atoms with Gasteiger partial charge in [-0.1, -0.05) is 24.6 Å². The normalized spacial score (nSPS) is 43.8. The fourth-order valence-corrected chi connectivity index (χ4v) is 4.61. The molecule has 0 aromatic carbocycles. The summed E-state index contributed by atoms with van der Waals surface area (Å²) in [5.74, 6) is 0. The Morgan fingerprint density at radius 2 is 2.05 bits per heavy atom. The molecule has 21 heavy (non-hydrogen) atoms. The number of aliphatic hydroxyl groups excluding tert-OH is 2. The van der Waals surface area contributed by atoms with Crippen molar-refractivity contribution in [3.8, 4) is 0 Å². The minimum Gasteiger partial charge on any atom is -0.388 e. The zero-order valence-corrected chi connectivity index (χ0v) is 13.3. The van der Waals surface area contributed by atoms with Crippen molar-refractivity contribution in [2.24, 2.45) is 4.99 Å². The number of aliphatic hydroxyl groups is 2. The molecule has 0 unspecified atom stereocenters. The van der Waals surface area contributed by atoms with E-state index in [1.165, 1.54) is 37.4 Å². The van der Waals surface area contributed by atoms with Crippen molar-refractivity contribution in [3.05, 3.63) is 0 Å². The zero-order chi connectivity index (χ0) is 15.0. The van der Waals surface area contributed by atoms with Crippen molar-refractivity contribution in [3.63, 3.8) is 0 Å². The third kappa shape index (κ3) is 3.07. The summed E-state index contributed by atoms with van der Waals surface area (Å²) in [5.41, 5.74) is -0.195. The lowest BCUT2D eigenvalue weighted by Gasteiger charge is -2.42. The number of aliphatic imine (C=N–C) groups is 1. The molecule has 4 N–H and O–H groups in total. The molecule has 3 aliphatic rings. The van der Waals surface area contributed by atoms with Gasteiger partial charge >= 0.3 is 0 Å². The number of fused-ring (bicyclic) bond motifs is 1. The van der Waals surface area contributed by atoms with E-state index >= 15 is 0 Å². The third-order valence-corrected chi connectivity index (χ3v) is 5.87. The lowest BCUT2D eigenvalue weighted by Crippen LogP contribution is -2.63. The highest BCUT2D eigenvalue weighted by Gasteiger charge is 2.50. The molecule has 2 heterocycles. The average molecular weight is 315 g/mol. The first-order valence-corrected chi connectivity index (χ1v) is 8.65. The summed E-state index contributed by atoms with van der Waals surface area (Å²) in [6.45, 7) is 2.03. The summed E-state index contributed by atoms with van der Waals surface area (Å²) in [6, 6.07) is 0.230. The average Bonchev–Trinajstić information content (AvgIpc) is 3.11. The predicted octanol–water partition coefficient (Wildman–Crippen LogP) is 0.0446. The molecule has 0 aromatic heterocycles. The van der Waals surface area contributed by atoms with E-state index in [0.717, 1.165) is 5.17 Å². The van der Waals surface area contributed by atoms with Gasteiger partial charge in [0.05, 0.1) is 6.04 Å². The second-order valence-corrected chi connectivity index (χ2v) is 7.29. The molecule has 0 bridgehead atoms. The van der Waals surface area contributed by atoms with Gasteiger partial charge in [-0.25, -0.2) is 0 Å². The van der Waals surface area contributed by atoms with Crippen molar-refractivity contribution in [1.29, 1.82) is 0 Å². The Morgan fingerprint density at radius 1 is 1.33 bits per heavy atom. The van der Waals surface area contributed by atoms with Crippen LogP contribution in [0.25, 0.3) is 0 Å². The molecular formula is C14H25N3O3S. The van der Waals surface area contributed by atoms with E-state index in [4.69, 9.17) is 4.74 Å². The molecule has 3 fully saturated rings. The van der Waals surface area contributed by atoms with Gasteiger partial charge in [0.25, 0.3) is 0 Å². The van der Waals surface area contributed by atoms with Crippen LogP contribution in [0.3, 0.4) is 0 Å². The minimum atomic E-state index is -0.889. The van der Waals surface area contributed by atoms with E-state index in [2.05, 4.69) is 15.6 Å². The first-order valence-electron chi connectivity index (χ1n) is 7.77. The van der Waals surface area contributed by atoms with Gasteiger partial charge in [0.2, 0.25) is 0 Å². The van der Waals surface area contributed by atoms with Crippen molar-refractivity contribution >= 4 is 16.9 Å². The van der Waals surface area contributed by atoms with E-state index in [1.54, 1.807) is 7.05 Å². The number of nitrogens with zero attached hydrogens (tertiary/aromatic N) is 1. The second-order valence-electron chi connectivity index (χ2n) is 6.20. The maximum absolute atomic E-state index is 10.4. The van der Waals surface area contributed by atoms with Crippen LogP contribution in [0.1, 0.15) is 32.6 Å². The van der Waals surface area contributed by atoms with Crippen molar-refractivity contribution in [1.82, 2.24) is 10.6 Å². The maximum Gasteiger partial charge on any atom is 0.159 e. The summed E-state index contributed by atoms with van der Waals surface area (Å²) in [6.07, 6.45) is 2.78. The summed E-state index contributed by atoms with van der Waals surface area (Å²) >= 11 is 1.48. The highest BCUT2D eigenvalue weighted by atomic mass is 32.2. The highest BCUT2D eigenvalue weighted by Crippen LogP contribution is 2.35. The van der Waals surface area contributed by atoms with Crippen molar-refractivity contribution < 1.29 is 14.9 Å². The Bertz CT molecular complexity index is 403. The van der Waals surface area contributed by atoms with Crippen LogP contribution in [0.2, 0.25) is 0 Å². The summed E-state index contributed by atoms with van der Waals surface area (Å²) < 4.78 is 6.04. The number of thioether (sulfide) groups is 1. The molecule has 0 amide bonds. The number of nitrogens with one attached hydrogen (secondary N) is 2. The van der Waals surface area contributed by atoms with Crippen LogP contribution in [0.4, 0.5) is 0 Å². The lowest BCUT2D eigenvalue weighted by atomic mass is 9.93. The van der Waals surface area contributed by atoms with Crippen LogP contribution >= 0.6 is 11.8 Å². The SMILES string of the molecule is CN=C1N[C@@H]2[C@@H](O)[C@H](O)[C@@H]([C@H](C)NC3CCCC3)O[C@@H]2S1. The van der Waals surface area contributed by atoms with E-state index < -0.39 is 18.3 Å². The molecule has 0 radical (unpaired) electrons. The van der Waals surface area contributed by atoms with Gasteiger partial charge in [0.1, 0.15) is 23.7 Å². The fraction of sp³-hybridized carbons (Fsp3) is 0.929. The lowest BCUT2D eigenvalue weighted by molar-refractivity contribution is -0.164. The standard InChI is InChI=1S/C14H25N3O3S/c1-7(16-8-5-3-4-6-8)12-11(19)10(18)9-13(20-12)21-14(15-2)17-9/h7-13,16,18-19H,3-6H2,1-2H3,(H,15,17)/t7-,9+,10+,11-,12+,13+/m0/s1. The number of hydrogen-bond acceptors (Lipinski definition) is 6. The molecule has 1 aliphatic carbocycles. The zero-order valence-electron chi connectivity index (χ0n) is 12.5. The number of hydrogen-bond donors (Lipinski definition) is 4. The minimum absolute atomic E-state index is 0.0157. The molecule has 1 saturated carbocycles. The van der Waals surface area contributed by atoms with Gasteiger partial charge in [0.15, 0.2) is 5.17 Å². The molecule has 120 valence electrons. The molecule has 2 saturated heterocycles. The Morgan fingerprint density at radius 3 is 2.71 bits per heavy atom. The van der Waals surface area contributed by atoms with Crippen LogP contribution < -0.4 is 10.6 Å². The quantitative estimate of drug-likeness (QED) is 0.589. The maximum atomic E-state index is 10.4. The topological polar surface area (TPSA) is 86.1 Å². The Kier molecular flexibility index (Phi) is 4.75. The van der Waals surface area contributed by atoms with Gasteiger partial charge < -0.3 is 25.6 Å².